The van der Waals surface area contributed by atoms with E-state index in [2.05, 4.69) is 5.32 Å². The van der Waals surface area contributed by atoms with Gasteiger partial charge in [-0.25, -0.2) is 0 Å². The molecule has 0 unspecified atom stereocenters. The van der Waals surface area contributed by atoms with E-state index >= 15 is 0 Å². The number of carbonyl (C=O) groups is 2. The van der Waals surface area contributed by atoms with Gasteiger partial charge in [0, 0.05) is 29.3 Å². The molecule has 6 heteroatoms. The fourth-order valence-electron chi connectivity index (χ4n) is 4.59. The number of ether oxygens (including phenoxy) is 2. The molecule has 0 bridgehead atoms. The Bertz CT molecular complexity index is 1010. The van der Waals surface area contributed by atoms with Crippen LogP contribution in [0.4, 0.5) is 5.69 Å². The van der Waals surface area contributed by atoms with E-state index in [9.17, 15) is 14.7 Å². The summed E-state index contributed by atoms with van der Waals surface area (Å²) in [6.45, 7) is 4.60. The number of para-hydroxylation sites is 1. The standard InChI is InChI=1S/C25H29NO5/c1-15(27)22-19(26-18-9-7-6-8-10-18)14-25(3,29)24(16(2)28)23(22)17-11-12-20(30-4)21(13-17)31-5/h6-13,23-24,26,29H,14H2,1-5H3/t23-,24-,25+/m0/s1. The lowest BCUT2D eigenvalue weighted by Gasteiger charge is -2.43. The first-order valence-corrected chi connectivity index (χ1v) is 10.2. The van der Waals surface area contributed by atoms with Crippen molar-refractivity contribution in [2.24, 2.45) is 5.92 Å². The Morgan fingerprint density at radius 2 is 1.68 bits per heavy atom. The zero-order valence-corrected chi connectivity index (χ0v) is 18.6. The summed E-state index contributed by atoms with van der Waals surface area (Å²) in [5, 5.41) is 14.7. The zero-order chi connectivity index (χ0) is 22.8. The molecule has 1 aliphatic carbocycles. The monoisotopic (exact) mass is 423 g/mol. The van der Waals surface area contributed by atoms with Gasteiger partial charge in [-0.2, -0.15) is 0 Å². The summed E-state index contributed by atoms with van der Waals surface area (Å²) in [5.41, 5.74) is 1.26. The van der Waals surface area contributed by atoms with Crippen LogP contribution in [0.5, 0.6) is 11.5 Å². The molecule has 164 valence electrons. The number of aliphatic hydroxyl groups is 1. The number of benzene rings is 2. The van der Waals surface area contributed by atoms with Crippen molar-refractivity contribution in [2.45, 2.75) is 38.7 Å². The highest BCUT2D eigenvalue weighted by Gasteiger charge is 2.49. The Morgan fingerprint density at radius 3 is 2.23 bits per heavy atom. The van der Waals surface area contributed by atoms with E-state index in [1.165, 1.54) is 21.0 Å². The molecule has 2 aromatic carbocycles. The highest BCUT2D eigenvalue weighted by atomic mass is 16.5. The maximum absolute atomic E-state index is 12.9. The molecule has 3 rings (SSSR count). The van der Waals surface area contributed by atoms with Crippen molar-refractivity contribution < 1.29 is 24.2 Å². The summed E-state index contributed by atoms with van der Waals surface area (Å²) < 4.78 is 10.8. The third-order valence-corrected chi connectivity index (χ3v) is 5.83. The number of methoxy groups -OCH3 is 2. The van der Waals surface area contributed by atoms with Gasteiger partial charge in [0.1, 0.15) is 5.78 Å². The molecule has 0 aromatic heterocycles. The first-order valence-electron chi connectivity index (χ1n) is 10.2. The van der Waals surface area contributed by atoms with Crippen molar-refractivity contribution in [1.29, 1.82) is 0 Å². The van der Waals surface area contributed by atoms with Gasteiger partial charge < -0.3 is 19.9 Å². The van der Waals surface area contributed by atoms with Crippen molar-refractivity contribution in [3.63, 3.8) is 0 Å². The van der Waals surface area contributed by atoms with E-state index in [1.807, 2.05) is 36.4 Å². The fraction of sp³-hybridized carbons (Fsp3) is 0.360. The Kier molecular flexibility index (Phi) is 6.51. The third-order valence-electron chi connectivity index (χ3n) is 5.83. The summed E-state index contributed by atoms with van der Waals surface area (Å²) in [6, 6.07) is 14.8. The molecule has 0 heterocycles. The van der Waals surface area contributed by atoms with Gasteiger partial charge in [-0.05, 0) is 50.6 Å². The normalized spacial score (nSPS) is 23.3. The average molecular weight is 424 g/mol. The second-order valence-electron chi connectivity index (χ2n) is 8.15. The number of anilines is 1. The van der Waals surface area contributed by atoms with Crippen LogP contribution in [-0.4, -0.2) is 36.5 Å². The van der Waals surface area contributed by atoms with Crippen LogP contribution in [0.2, 0.25) is 0 Å². The lowest BCUT2D eigenvalue weighted by atomic mass is 9.64. The van der Waals surface area contributed by atoms with Crippen LogP contribution in [-0.2, 0) is 9.59 Å². The van der Waals surface area contributed by atoms with Gasteiger partial charge in [0.25, 0.3) is 0 Å². The van der Waals surface area contributed by atoms with Gasteiger partial charge in [0.15, 0.2) is 17.3 Å². The van der Waals surface area contributed by atoms with E-state index in [4.69, 9.17) is 9.47 Å². The van der Waals surface area contributed by atoms with Gasteiger partial charge >= 0.3 is 0 Å². The predicted octanol–water partition coefficient (Wildman–Crippen LogP) is 4.10. The molecule has 2 aromatic rings. The lowest BCUT2D eigenvalue weighted by molar-refractivity contribution is -0.131. The van der Waals surface area contributed by atoms with Crippen LogP contribution in [0.3, 0.4) is 0 Å². The van der Waals surface area contributed by atoms with Crippen molar-refractivity contribution in [3.8, 4) is 11.5 Å². The van der Waals surface area contributed by atoms with Crippen LogP contribution >= 0.6 is 0 Å². The second-order valence-corrected chi connectivity index (χ2v) is 8.15. The molecule has 1 aliphatic rings. The molecule has 3 atom stereocenters. The molecular weight excluding hydrogens is 394 g/mol. The van der Waals surface area contributed by atoms with Crippen molar-refractivity contribution in [1.82, 2.24) is 0 Å². The molecule has 31 heavy (non-hydrogen) atoms. The summed E-state index contributed by atoms with van der Waals surface area (Å²) in [7, 11) is 3.08. The summed E-state index contributed by atoms with van der Waals surface area (Å²) in [4.78, 5) is 25.6. The van der Waals surface area contributed by atoms with Gasteiger partial charge in [-0.3, -0.25) is 9.59 Å². The van der Waals surface area contributed by atoms with Crippen LogP contribution in [0, 0.1) is 5.92 Å². The molecule has 0 aliphatic heterocycles. The first-order chi connectivity index (χ1) is 14.7. The fourth-order valence-corrected chi connectivity index (χ4v) is 4.59. The molecule has 0 radical (unpaired) electrons. The van der Waals surface area contributed by atoms with Gasteiger partial charge in [0.05, 0.1) is 25.7 Å². The van der Waals surface area contributed by atoms with Gasteiger partial charge in [0.2, 0.25) is 0 Å². The van der Waals surface area contributed by atoms with Crippen molar-refractivity contribution >= 4 is 17.3 Å². The summed E-state index contributed by atoms with van der Waals surface area (Å²) in [6.07, 6.45) is 0.158. The Hall–Kier alpha value is -3.12. The number of ketones is 2. The van der Waals surface area contributed by atoms with Crippen molar-refractivity contribution in [2.75, 3.05) is 19.5 Å². The average Bonchev–Trinajstić information content (AvgIpc) is 2.72. The highest BCUT2D eigenvalue weighted by Crippen LogP contribution is 2.48. The van der Waals surface area contributed by atoms with E-state index in [1.54, 1.807) is 26.2 Å². The molecule has 0 saturated heterocycles. The minimum atomic E-state index is -1.35. The molecule has 6 nitrogen and oxygen atoms in total. The smallest absolute Gasteiger partial charge is 0.161 e. The number of Topliss-reactive ketones (excluding diaryl/α,β-unsaturated/α-hetero) is 2. The number of allylic oxidation sites excluding steroid dienone is 1. The zero-order valence-electron chi connectivity index (χ0n) is 18.6. The minimum absolute atomic E-state index is 0.153. The molecule has 0 saturated carbocycles. The molecule has 0 amide bonds. The number of carbonyl (C=O) groups excluding carboxylic acids is 2. The summed E-state index contributed by atoms with van der Waals surface area (Å²) >= 11 is 0. The van der Waals surface area contributed by atoms with Crippen LogP contribution < -0.4 is 14.8 Å². The number of hydrogen-bond acceptors (Lipinski definition) is 6. The number of nitrogens with one attached hydrogen (secondary N) is 1. The van der Waals surface area contributed by atoms with Crippen LogP contribution in [0.25, 0.3) is 0 Å². The second kappa shape index (κ2) is 8.94. The minimum Gasteiger partial charge on any atom is -0.493 e. The maximum Gasteiger partial charge on any atom is 0.161 e. The SMILES string of the molecule is COc1ccc([C@H]2C(C(C)=O)=C(Nc3ccccc3)C[C@@](C)(O)[C@H]2C(C)=O)cc1OC. The molecule has 0 fully saturated rings. The van der Waals surface area contributed by atoms with E-state index in [0.29, 0.717) is 28.3 Å². The number of rotatable bonds is 7. The lowest BCUT2D eigenvalue weighted by Crippen LogP contribution is -2.48. The quantitative estimate of drug-likeness (QED) is 0.697. The van der Waals surface area contributed by atoms with Gasteiger partial charge in [-0.1, -0.05) is 24.3 Å². The predicted molar refractivity (Wildman–Crippen MR) is 119 cm³/mol. The van der Waals surface area contributed by atoms with Crippen LogP contribution in [0.15, 0.2) is 59.8 Å². The third kappa shape index (κ3) is 4.49. The first kappa shape index (κ1) is 22.6. The van der Waals surface area contributed by atoms with E-state index < -0.39 is 17.4 Å². The largest absolute Gasteiger partial charge is 0.493 e. The summed E-state index contributed by atoms with van der Waals surface area (Å²) in [5.74, 6) is -0.713. The topological polar surface area (TPSA) is 84.9 Å². The van der Waals surface area contributed by atoms with E-state index in [0.717, 1.165) is 5.69 Å². The number of hydrogen-bond donors (Lipinski definition) is 2. The highest BCUT2D eigenvalue weighted by molar-refractivity contribution is 5.98. The Labute approximate surface area is 182 Å². The molecule has 2 N–H and O–H groups in total. The molecular formula is C25H29NO5. The van der Waals surface area contributed by atoms with E-state index in [-0.39, 0.29) is 18.0 Å². The maximum atomic E-state index is 12.9. The van der Waals surface area contributed by atoms with Crippen LogP contribution in [0.1, 0.15) is 38.7 Å². The molecule has 0 spiro atoms. The van der Waals surface area contributed by atoms with Crippen molar-refractivity contribution in [3.05, 3.63) is 65.4 Å². The Balaban J connectivity index is 2.24. The Morgan fingerprint density at radius 1 is 1.03 bits per heavy atom. The van der Waals surface area contributed by atoms with Gasteiger partial charge in [-0.15, -0.1) is 0 Å².